The van der Waals surface area contributed by atoms with Crippen LogP contribution < -0.4 is 0 Å². The predicted octanol–water partition coefficient (Wildman–Crippen LogP) is 2.54. The van der Waals surface area contributed by atoms with Crippen molar-refractivity contribution in [3.63, 3.8) is 0 Å². The third kappa shape index (κ3) is 5.09. The van der Waals surface area contributed by atoms with Crippen LogP contribution in [0.2, 0.25) is 5.02 Å². The number of ether oxygens (including phenoxy) is 1. The fourth-order valence-corrected chi connectivity index (χ4v) is 3.69. The van der Waals surface area contributed by atoms with Crippen LogP contribution >= 0.6 is 11.6 Å². The van der Waals surface area contributed by atoms with E-state index in [1.807, 2.05) is 62.7 Å². The van der Waals surface area contributed by atoms with E-state index in [2.05, 4.69) is 10.00 Å². The highest BCUT2D eigenvalue weighted by Gasteiger charge is 2.37. The van der Waals surface area contributed by atoms with E-state index >= 15 is 0 Å². The summed E-state index contributed by atoms with van der Waals surface area (Å²) >= 11 is 5.94. The van der Waals surface area contributed by atoms with Crippen molar-refractivity contribution >= 4 is 17.5 Å². The van der Waals surface area contributed by atoms with Crippen molar-refractivity contribution in [3.8, 4) is 0 Å². The van der Waals surface area contributed by atoms with E-state index in [9.17, 15) is 4.79 Å². The van der Waals surface area contributed by atoms with Gasteiger partial charge in [0, 0.05) is 43.3 Å². The summed E-state index contributed by atoms with van der Waals surface area (Å²) in [5.41, 5.74) is 2.13. The van der Waals surface area contributed by atoms with Crippen LogP contribution in [0.4, 0.5) is 0 Å². The monoisotopic (exact) mass is 390 g/mol. The molecule has 0 bridgehead atoms. The molecule has 0 aliphatic carbocycles. The average molecular weight is 391 g/mol. The van der Waals surface area contributed by atoms with Crippen LogP contribution in [0, 0.1) is 0 Å². The van der Waals surface area contributed by atoms with Crippen molar-refractivity contribution in [1.29, 1.82) is 0 Å². The predicted molar refractivity (Wildman–Crippen MR) is 106 cm³/mol. The molecule has 0 unspecified atom stereocenters. The Hall–Kier alpha value is -1.89. The van der Waals surface area contributed by atoms with Crippen LogP contribution in [-0.4, -0.2) is 65.4 Å². The van der Waals surface area contributed by atoms with Crippen molar-refractivity contribution in [2.45, 2.75) is 25.0 Å². The van der Waals surface area contributed by atoms with E-state index < -0.39 is 0 Å². The number of hydrogen-bond donors (Lipinski definition) is 0. The number of aromatic nitrogens is 2. The molecule has 7 heteroatoms. The fraction of sp³-hybridized carbons (Fsp3) is 0.500. The summed E-state index contributed by atoms with van der Waals surface area (Å²) in [5, 5.41) is 5.01. The summed E-state index contributed by atoms with van der Waals surface area (Å²) in [4.78, 5) is 17.1. The molecule has 2 heterocycles. The minimum atomic E-state index is -0.118. The third-order valence-corrected chi connectivity index (χ3v) is 5.08. The number of hydrogen-bond acceptors (Lipinski definition) is 4. The number of halogens is 1. The molecule has 27 heavy (non-hydrogen) atoms. The molecule has 0 spiro atoms. The van der Waals surface area contributed by atoms with Crippen molar-refractivity contribution in [1.82, 2.24) is 19.6 Å². The number of carbonyl (C=O) groups is 1. The molecule has 1 fully saturated rings. The topological polar surface area (TPSA) is 50.6 Å². The molecule has 3 rings (SSSR count). The molecule has 1 aliphatic heterocycles. The minimum Gasteiger partial charge on any atom is -0.373 e. The zero-order valence-electron chi connectivity index (χ0n) is 16.1. The number of rotatable bonds is 6. The van der Waals surface area contributed by atoms with E-state index in [4.69, 9.17) is 16.3 Å². The Labute approximate surface area is 165 Å². The number of amides is 1. The number of likely N-dealkylation sites (N-methyl/N-ethyl adjacent to an activating group) is 1. The summed E-state index contributed by atoms with van der Waals surface area (Å²) in [6, 6.07) is 7.56. The Morgan fingerprint density at radius 2 is 2.07 bits per heavy atom. The summed E-state index contributed by atoms with van der Waals surface area (Å²) in [7, 11) is 5.93. The molecule has 2 aromatic rings. The normalized spacial score (nSPS) is 20.3. The maximum absolute atomic E-state index is 13.1. The highest BCUT2D eigenvalue weighted by molar-refractivity contribution is 6.30. The fourth-order valence-electron chi connectivity index (χ4n) is 3.56. The SMILES string of the molecule is CN(C)C[C@@H]1OCCN(C(=O)CCc2ccc(Cl)cc2)[C@H]1c1cnn(C)c1. The van der Waals surface area contributed by atoms with Gasteiger partial charge >= 0.3 is 0 Å². The number of morpholine rings is 1. The Morgan fingerprint density at radius 3 is 2.70 bits per heavy atom. The van der Waals surface area contributed by atoms with Gasteiger partial charge in [-0.2, -0.15) is 5.10 Å². The van der Waals surface area contributed by atoms with Crippen molar-refractivity contribution in [3.05, 3.63) is 52.8 Å². The van der Waals surface area contributed by atoms with Crippen LogP contribution in [0.1, 0.15) is 23.6 Å². The number of aryl methyl sites for hydroxylation is 2. The molecule has 0 saturated carbocycles. The second kappa shape index (κ2) is 8.87. The molecule has 146 valence electrons. The van der Waals surface area contributed by atoms with Crippen LogP contribution in [0.25, 0.3) is 0 Å². The zero-order chi connectivity index (χ0) is 19.4. The first kappa shape index (κ1) is 19.9. The number of nitrogens with zero attached hydrogens (tertiary/aromatic N) is 4. The van der Waals surface area contributed by atoms with Gasteiger partial charge in [-0.3, -0.25) is 9.48 Å². The number of carbonyl (C=O) groups excluding carboxylic acids is 1. The van der Waals surface area contributed by atoms with Crippen molar-refractivity contribution < 1.29 is 9.53 Å². The van der Waals surface area contributed by atoms with E-state index in [1.54, 1.807) is 4.68 Å². The molecular formula is C20H27ClN4O2. The van der Waals surface area contributed by atoms with Gasteiger partial charge in [0.2, 0.25) is 5.91 Å². The first-order chi connectivity index (χ1) is 12.9. The Bertz CT molecular complexity index is 760. The van der Waals surface area contributed by atoms with Gasteiger partial charge < -0.3 is 14.5 Å². The molecule has 0 N–H and O–H groups in total. The van der Waals surface area contributed by atoms with E-state index in [-0.39, 0.29) is 18.1 Å². The minimum absolute atomic E-state index is 0.0718. The van der Waals surface area contributed by atoms with E-state index in [0.717, 1.165) is 17.7 Å². The highest BCUT2D eigenvalue weighted by atomic mass is 35.5. The zero-order valence-corrected chi connectivity index (χ0v) is 16.9. The van der Waals surface area contributed by atoms with Gasteiger partial charge in [-0.15, -0.1) is 0 Å². The first-order valence-electron chi connectivity index (χ1n) is 9.23. The molecule has 1 aromatic heterocycles. The first-order valence-corrected chi connectivity index (χ1v) is 9.60. The summed E-state index contributed by atoms with van der Waals surface area (Å²) in [5.74, 6) is 0.144. The van der Waals surface area contributed by atoms with Gasteiger partial charge in [0.15, 0.2) is 0 Å². The van der Waals surface area contributed by atoms with Crippen LogP contribution in [0.3, 0.4) is 0 Å². The van der Waals surface area contributed by atoms with Gasteiger partial charge in [-0.25, -0.2) is 0 Å². The molecule has 1 aromatic carbocycles. The molecular weight excluding hydrogens is 364 g/mol. The summed E-state index contributed by atoms with van der Waals surface area (Å²) in [6.07, 6.45) is 4.90. The largest absolute Gasteiger partial charge is 0.373 e. The molecule has 2 atom stereocenters. The lowest BCUT2D eigenvalue weighted by molar-refractivity contribution is -0.148. The molecule has 6 nitrogen and oxygen atoms in total. The average Bonchev–Trinajstić information content (AvgIpc) is 3.06. The summed E-state index contributed by atoms with van der Waals surface area (Å²) < 4.78 is 7.81. The summed E-state index contributed by atoms with van der Waals surface area (Å²) in [6.45, 7) is 1.91. The Morgan fingerprint density at radius 1 is 1.33 bits per heavy atom. The second-order valence-corrected chi connectivity index (χ2v) is 7.71. The van der Waals surface area contributed by atoms with E-state index in [0.29, 0.717) is 31.0 Å². The third-order valence-electron chi connectivity index (χ3n) is 4.82. The molecule has 1 saturated heterocycles. The standard InChI is InChI=1S/C20H27ClN4O2/c1-23(2)14-18-20(16-12-22-24(3)13-16)25(10-11-27-18)19(26)9-6-15-4-7-17(21)8-5-15/h4-5,7-8,12-13,18,20H,6,9-11,14H2,1-3H3/t18-,20-/m0/s1. The van der Waals surface area contributed by atoms with Gasteiger partial charge in [0.05, 0.1) is 24.9 Å². The van der Waals surface area contributed by atoms with Crippen LogP contribution in [0.5, 0.6) is 0 Å². The van der Waals surface area contributed by atoms with Gasteiger partial charge in [-0.05, 0) is 38.2 Å². The highest BCUT2D eigenvalue weighted by Crippen LogP contribution is 2.30. The lowest BCUT2D eigenvalue weighted by atomic mass is 9.99. The second-order valence-electron chi connectivity index (χ2n) is 7.28. The smallest absolute Gasteiger partial charge is 0.223 e. The van der Waals surface area contributed by atoms with Gasteiger partial charge in [0.1, 0.15) is 0 Å². The van der Waals surface area contributed by atoms with E-state index in [1.165, 1.54) is 0 Å². The lowest BCUT2D eigenvalue weighted by Gasteiger charge is -2.42. The maximum atomic E-state index is 13.1. The Kier molecular flexibility index (Phi) is 6.52. The van der Waals surface area contributed by atoms with Crippen molar-refractivity contribution in [2.75, 3.05) is 33.8 Å². The molecule has 1 aliphatic rings. The van der Waals surface area contributed by atoms with Gasteiger partial charge in [0.25, 0.3) is 0 Å². The number of benzene rings is 1. The lowest BCUT2D eigenvalue weighted by Crippen LogP contribution is -2.51. The quantitative estimate of drug-likeness (QED) is 0.760. The molecule has 0 radical (unpaired) electrons. The molecule has 1 amide bonds. The van der Waals surface area contributed by atoms with Gasteiger partial charge in [-0.1, -0.05) is 23.7 Å². The maximum Gasteiger partial charge on any atom is 0.223 e. The van der Waals surface area contributed by atoms with Crippen molar-refractivity contribution in [2.24, 2.45) is 7.05 Å². The van der Waals surface area contributed by atoms with Crippen LogP contribution in [-0.2, 0) is 23.0 Å². The Balaban J connectivity index is 1.75. The van der Waals surface area contributed by atoms with Crippen LogP contribution in [0.15, 0.2) is 36.7 Å².